The van der Waals surface area contributed by atoms with Gasteiger partial charge in [0.1, 0.15) is 5.56 Å². The van der Waals surface area contributed by atoms with Gasteiger partial charge in [0.25, 0.3) is 17.3 Å². The number of hydrogen-bond donors (Lipinski definition) is 0. The molecule has 114 valence electrons. The molecule has 0 radical (unpaired) electrons. The van der Waals surface area contributed by atoms with Gasteiger partial charge in [0.05, 0.1) is 9.85 Å². The first kappa shape index (κ1) is 14.3. The van der Waals surface area contributed by atoms with Crippen LogP contribution < -0.4 is 0 Å². The molecule has 3 rings (SSSR count). The zero-order valence-electron chi connectivity index (χ0n) is 11.4. The summed E-state index contributed by atoms with van der Waals surface area (Å²) < 4.78 is 5.45. The second kappa shape index (κ2) is 5.64. The van der Waals surface area contributed by atoms with Crippen LogP contribution in [0.15, 0.2) is 52.9 Å². The van der Waals surface area contributed by atoms with E-state index in [0.29, 0.717) is 5.56 Å². The fourth-order valence-electron chi connectivity index (χ4n) is 1.99. The van der Waals surface area contributed by atoms with Crippen LogP contribution in [-0.4, -0.2) is 20.0 Å². The molecule has 9 nitrogen and oxygen atoms in total. The predicted octanol–water partition coefficient (Wildman–Crippen LogP) is 3.22. The predicted molar refractivity (Wildman–Crippen MR) is 78.5 cm³/mol. The van der Waals surface area contributed by atoms with E-state index >= 15 is 0 Å². The third-order valence-electron chi connectivity index (χ3n) is 3.08. The highest BCUT2D eigenvalue weighted by Gasteiger charge is 2.20. The molecule has 0 saturated carbocycles. The highest BCUT2D eigenvalue weighted by Crippen LogP contribution is 2.30. The lowest BCUT2D eigenvalue weighted by Gasteiger charge is -1.97. The number of nitro groups is 2. The molecule has 0 saturated heterocycles. The van der Waals surface area contributed by atoms with Crippen LogP contribution in [0.2, 0.25) is 0 Å². The molecule has 0 bridgehead atoms. The van der Waals surface area contributed by atoms with Crippen molar-refractivity contribution in [2.45, 2.75) is 0 Å². The number of aromatic nitrogens is 2. The van der Waals surface area contributed by atoms with Gasteiger partial charge < -0.3 is 4.42 Å². The molecule has 1 aromatic heterocycles. The maximum Gasteiger partial charge on any atom is 0.282 e. The monoisotopic (exact) mass is 312 g/mol. The van der Waals surface area contributed by atoms with E-state index in [1.165, 1.54) is 42.5 Å². The first-order valence-electron chi connectivity index (χ1n) is 6.38. The zero-order chi connectivity index (χ0) is 16.4. The average molecular weight is 312 g/mol. The maximum absolute atomic E-state index is 11.0. The Labute approximate surface area is 128 Å². The fraction of sp³-hybridized carbons (Fsp3) is 0. The van der Waals surface area contributed by atoms with E-state index in [9.17, 15) is 20.2 Å². The van der Waals surface area contributed by atoms with Crippen molar-refractivity contribution in [1.29, 1.82) is 0 Å². The Balaban J connectivity index is 1.98. The average Bonchev–Trinajstić information content (AvgIpc) is 3.04. The number of nitro benzene ring substituents is 2. The summed E-state index contributed by atoms with van der Waals surface area (Å²) in [5.74, 6) is 0.124. The summed E-state index contributed by atoms with van der Waals surface area (Å²) >= 11 is 0. The standard InChI is InChI=1S/C14H8N4O5/c19-17(20)10-7-5-9(6-8-10)13-15-16-14(23-13)11-3-1-2-4-12(11)18(21)22/h1-8H. The Hall–Kier alpha value is -3.62. The van der Waals surface area contributed by atoms with E-state index < -0.39 is 9.85 Å². The van der Waals surface area contributed by atoms with Crippen molar-refractivity contribution in [2.75, 3.05) is 0 Å². The Bertz CT molecular complexity index is 888. The smallest absolute Gasteiger partial charge is 0.282 e. The molecule has 0 spiro atoms. The van der Waals surface area contributed by atoms with Crippen LogP contribution in [0.1, 0.15) is 0 Å². The quantitative estimate of drug-likeness (QED) is 0.534. The van der Waals surface area contributed by atoms with E-state index in [-0.39, 0.29) is 28.7 Å². The molecule has 9 heteroatoms. The Morgan fingerprint density at radius 1 is 0.826 bits per heavy atom. The SMILES string of the molecule is O=[N+]([O-])c1ccc(-c2nnc(-c3ccccc3[N+](=O)[O-])o2)cc1. The summed E-state index contributed by atoms with van der Waals surface area (Å²) in [4.78, 5) is 20.6. The van der Waals surface area contributed by atoms with Crippen LogP contribution in [0, 0.1) is 20.2 Å². The first-order valence-corrected chi connectivity index (χ1v) is 6.38. The van der Waals surface area contributed by atoms with Crippen molar-refractivity contribution in [2.24, 2.45) is 0 Å². The molecule has 23 heavy (non-hydrogen) atoms. The second-order valence-corrected chi connectivity index (χ2v) is 4.49. The minimum absolute atomic E-state index is 0.00523. The molecule has 0 atom stereocenters. The number of benzene rings is 2. The van der Waals surface area contributed by atoms with Gasteiger partial charge in [-0.25, -0.2) is 0 Å². The van der Waals surface area contributed by atoms with Gasteiger partial charge in [-0.1, -0.05) is 12.1 Å². The van der Waals surface area contributed by atoms with E-state index in [2.05, 4.69) is 10.2 Å². The molecule has 1 heterocycles. The lowest BCUT2D eigenvalue weighted by atomic mass is 10.2. The highest BCUT2D eigenvalue weighted by molar-refractivity contribution is 5.67. The van der Waals surface area contributed by atoms with Crippen LogP contribution in [-0.2, 0) is 0 Å². The van der Waals surface area contributed by atoms with E-state index in [1.807, 2.05) is 0 Å². The third-order valence-corrected chi connectivity index (χ3v) is 3.08. The Morgan fingerprint density at radius 3 is 2.13 bits per heavy atom. The zero-order valence-corrected chi connectivity index (χ0v) is 11.4. The molecule has 0 N–H and O–H groups in total. The van der Waals surface area contributed by atoms with E-state index in [0.717, 1.165) is 0 Å². The normalized spacial score (nSPS) is 10.4. The van der Waals surface area contributed by atoms with Crippen molar-refractivity contribution in [1.82, 2.24) is 10.2 Å². The third kappa shape index (κ3) is 2.75. The molecule has 0 aliphatic heterocycles. The molecule has 0 aliphatic rings. The lowest BCUT2D eigenvalue weighted by Crippen LogP contribution is -1.91. The largest absolute Gasteiger partial charge is 0.416 e. The van der Waals surface area contributed by atoms with Gasteiger partial charge >= 0.3 is 0 Å². The van der Waals surface area contributed by atoms with Crippen LogP contribution >= 0.6 is 0 Å². The molecule has 0 fully saturated rings. The topological polar surface area (TPSA) is 125 Å². The molecule has 0 unspecified atom stereocenters. The number of hydrogen-bond acceptors (Lipinski definition) is 7. The number of nitrogens with zero attached hydrogens (tertiary/aromatic N) is 4. The van der Waals surface area contributed by atoms with Gasteiger partial charge in [-0.05, 0) is 18.2 Å². The highest BCUT2D eigenvalue weighted by atomic mass is 16.6. The van der Waals surface area contributed by atoms with Gasteiger partial charge in [0.2, 0.25) is 5.89 Å². The van der Waals surface area contributed by atoms with Crippen molar-refractivity contribution in [3.8, 4) is 22.9 Å². The van der Waals surface area contributed by atoms with Gasteiger partial charge in [0, 0.05) is 23.8 Å². The number of non-ortho nitro benzene ring substituents is 1. The van der Waals surface area contributed by atoms with Crippen molar-refractivity contribution >= 4 is 11.4 Å². The lowest BCUT2D eigenvalue weighted by molar-refractivity contribution is -0.384. The second-order valence-electron chi connectivity index (χ2n) is 4.49. The molecule has 0 aliphatic carbocycles. The summed E-state index contributed by atoms with van der Waals surface area (Å²) in [7, 11) is 0. The van der Waals surface area contributed by atoms with Crippen LogP contribution in [0.25, 0.3) is 22.9 Å². The van der Waals surface area contributed by atoms with Crippen molar-refractivity contribution < 1.29 is 14.3 Å². The van der Waals surface area contributed by atoms with Crippen molar-refractivity contribution in [3.63, 3.8) is 0 Å². The molecule has 3 aromatic rings. The number of para-hydroxylation sites is 1. The van der Waals surface area contributed by atoms with Gasteiger partial charge in [-0.2, -0.15) is 0 Å². The molecular weight excluding hydrogens is 304 g/mol. The van der Waals surface area contributed by atoms with Gasteiger partial charge in [0.15, 0.2) is 0 Å². The molecule has 2 aromatic carbocycles. The van der Waals surface area contributed by atoms with Crippen LogP contribution in [0.5, 0.6) is 0 Å². The maximum atomic E-state index is 11.0. The van der Waals surface area contributed by atoms with Gasteiger partial charge in [-0.15, -0.1) is 10.2 Å². The summed E-state index contributed by atoms with van der Waals surface area (Å²) in [6.07, 6.45) is 0. The number of rotatable bonds is 4. The summed E-state index contributed by atoms with van der Waals surface area (Å²) in [5, 5.41) is 29.3. The van der Waals surface area contributed by atoms with Crippen LogP contribution in [0.3, 0.4) is 0 Å². The molecule has 0 amide bonds. The van der Waals surface area contributed by atoms with E-state index in [4.69, 9.17) is 4.42 Å². The fourth-order valence-corrected chi connectivity index (χ4v) is 1.99. The summed E-state index contributed by atoms with van der Waals surface area (Å²) in [5.41, 5.74) is 0.477. The first-order chi connectivity index (χ1) is 11.1. The summed E-state index contributed by atoms with van der Waals surface area (Å²) in [6, 6.07) is 11.6. The van der Waals surface area contributed by atoms with E-state index in [1.54, 1.807) is 6.07 Å². The van der Waals surface area contributed by atoms with Gasteiger partial charge in [-0.3, -0.25) is 20.2 Å². The minimum atomic E-state index is -0.537. The van der Waals surface area contributed by atoms with Crippen molar-refractivity contribution in [3.05, 3.63) is 68.8 Å². The minimum Gasteiger partial charge on any atom is -0.416 e. The van der Waals surface area contributed by atoms with Crippen LogP contribution in [0.4, 0.5) is 11.4 Å². The molecular formula is C14H8N4O5. The summed E-state index contributed by atoms with van der Waals surface area (Å²) in [6.45, 7) is 0. The Kier molecular flexibility index (Phi) is 3.51. The Morgan fingerprint density at radius 2 is 1.48 bits per heavy atom.